The molecule has 0 radical (unpaired) electrons. The molecule has 1 heterocycles. The lowest BCUT2D eigenvalue weighted by Gasteiger charge is -2.13. The number of aromatic nitrogens is 1. The van der Waals surface area contributed by atoms with Crippen molar-refractivity contribution in [2.24, 2.45) is 0 Å². The fraction of sp³-hybridized carbons (Fsp3) is 0.308. The van der Waals surface area contributed by atoms with E-state index in [1.165, 1.54) is 0 Å². The van der Waals surface area contributed by atoms with Crippen molar-refractivity contribution < 1.29 is 5.11 Å². The van der Waals surface area contributed by atoms with E-state index in [2.05, 4.69) is 4.98 Å². The summed E-state index contributed by atoms with van der Waals surface area (Å²) in [5.74, 6) is 0.0687. The zero-order chi connectivity index (χ0) is 12.3. The molecule has 90 valence electrons. The zero-order valence-corrected chi connectivity index (χ0v) is 11.1. The van der Waals surface area contributed by atoms with Gasteiger partial charge in [-0.3, -0.25) is 0 Å². The molecule has 0 bridgehead atoms. The monoisotopic (exact) mass is 267 g/mol. The summed E-state index contributed by atoms with van der Waals surface area (Å²) in [6.45, 7) is 2.09. The number of aliphatic hydroxyl groups is 1. The smallest absolute Gasteiger partial charge is 0.0935 e. The molecule has 0 fully saturated rings. The number of hydrogen-bond acceptors (Lipinski definition) is 3. The van der Waals surface area contributed by atoms with Crippen LogP contribution in [0.1, 0.15) is 22.2 Å². The van der Waals surface area contributed by atoms with E-state index in [9.17, 15) is 5.11 Å². The Bertz CT molecular complexity index is 498. The fourth-order valence-corrected chi connectivity index (χ4v) is 2.81. The molecule has 0 amide bonds. The molecule has 1 atom stereocenters. The molecule has 0 spiro atoms. The minimum atomic E-state index is 0.0687. The normalized spacial score (nSPS) is 12.6. The van der Waals surface area contributed by atoms with Crippen LogP contribution in [-0.4, -0.2) is 16.7 Å². The Hall–Kier alpha value is -0.900. The number of aryl methyl sites for hydroxylation is 1. The number of nitrogens with zero attached hydrogens (tertiary/aromatic N) is 1. The summed E-state index contributed by atoms with van der Waals surface area (Å²) in [6.07, 6.45) is 0.759. The third-order valence-electron chi connectivity index (χ3n) is 2.63. The molecule has 4 heteroatoms. The van der Waals surface area contributed by atoms with Gasteiger partial charge in [0.1, 0.15) is 0 Å². The first-order chi connectivity index (χ1) is 8.19. The summed E-state index contributed by atoms with van der Waals surface area (Å²) in [4.78, 5) is 4.42. The van der Waals surface area contributed by atoms with E-state index in [-0.39, 0.29) is 12.5 Å². The van der Waals surface area contributed by atoms with E-state index in [1.807, 2.05) is 36.6 Å². The van der Waals surface area contributed by atoms with Crippen LogP contribution in [0.25, 0.3) is 0 Å². The standard InChI is InChI=1S/C13H14ClNOS/c1-9-8-17-13(15-9)6-11(7-16)10-3-2-4-12(14)5-10/h2-5,8,11,16H,6-7H2,1H3. The highest BCUT2D eigenvalue weighted by Crippen LogP contribution is 2.24. The lowest BCUT2D eigenvalue weighted by Crippen LogP contribution is -2.07. The average Bonchev–Trinajstić information content (AvgIpc) is 2.72. The third-order valence-corrected chi connectivity index (χ3v) is 3.85. The lowest BCUT2D eigenvalue weighted by molar-refractivity contribution is 0.264. The lowest BCUT2D eigenvalue weighted by atomic mass is 9.97. The van der Waals surface area contributed by atoms with Gasteiger partial charge in [-0.25, -0.2) is 4.98 Å². The number of rotatable bonds is 4. The van der Waals surface area contributed by atoms with Gasteiger partial charge in [-0.15, -0.1) is 11.3 Å². The van der Waals surface area contributed by atoms with Crippen molar-refractivity contribution in [3.63, 3.8) is 0 Å². The second-order valence-electron chi connectivity index (χ2n) is 4.02. The van der Waals surface area contributed by atoms with Gasteiger partial charge >= 0.3 is 0 Å². The summed E-state index contributed by atoms with van der Waals surface area (Å²) in [5.41, 5.74) is 2.10. The maximum Gasteiger partial charge on any atom is 0.0935 e. The Morgan fingerprint density at radius 2 is 2.29 bits per heavy atom. The molecule has 1 N–H and O–H groups in total. The largest absolute Gasteiger partial charge is 0.396 e. The molecular weight excluding hydrogens is 254 g/mol. The van der Waals surface area contributed by atoms with Crippen LogP contribution in [0.5, 0.6) is 0 Å². The Kier molecular flexibility index (Phi) is 4.15. The van der Waals surface area contributed by atoms with Crippen LogP contribution in [0.3, 0.4) is 0 Å². The highest BCUT2D eigenvalue weighted by Gasteiger charge is 2.13. The van der Waals surface area contributed by atoms with E-state index in [0.29, 0.717) is 5.02 Å². The molecule has 17 heavy (non-hydrogen) atoms. The van der Waals surface area contributed by atoms with Gasteiger partial charge in [-0.1, -0.05) is 23.7 Å². The van der Waals surface area contributed by atoms with Gasteiger partial charge in [-0.2, -0.15) is 0 Å². The first-order valence-electron chi connectivity index (χ1n) is 5.46. The summed E-state index contributed by atoms with van der Waals surface area (Å²) >= 11 is 7.60. The van der Waals surface area contributed by atoms with E-state index >= 15 is 0 Å². The topological polar surface area (TPSA) is 33.1 Å². The molecule has 0 saturated carbocycles. The Morgan fingerprint density at radius 3 is 2.88 bits per heavy atom. The van der Waals surface area contributed by atoms with Gasteiger partial charge in [0, 0.05) is 28.4 Å². The Morgan fingerprint density at radius 1 is 1.47 bits per heavy atom. The van der Waals surface area contributed by atoms with E-state index in [0.717, 1.165) is 22.7 Å². The van der Waals surface area contributed by atoms with Crippen molar-refractivity contribution in [1.29, 1.82) is 0 Å². The van der Waals surface area contributed by atoms with Crippen molar-refractivity contribution >= 4 is 22.9 Å². The summed E-state index contributed by atoms with van der Waals surface area (Å²) in [6, 6.07) is 7.65. The third kappa shape index (κ3) is 3.28. The second kappa shape index (κ2) is 5.63. The SMILES string of the molecule is Cc1csc(CC(CO)c2cccc(Cl)c2)n1. The first kappa shape index (κ1) is 12.6. The van der Waals surface area contributed by atoms with Crippen LogP contribution in [0.2, 0.25) is 5.02 Å². The van der Waals surface area contributed by atoms with Crippen LogP contribution in [0.15, 0.2) is 29.6 Å². The molecule has 0 aliphatic heterocycles. The van der Waals surface area contributed by atoms with Gasteiger partial charge in [0.15, 0.2) is 0 Å². The summed E-state index contributed by atoms with van der Waals surface area (Å²) < 4.78 is 0. The van der Waals surface area contributed by atoms with Gasteiger partial charge in [0.05, 0.1) is 11.6 Å². The number of hydrogen-bond donors (Lipinski definition) is 1. The maximum absolute atomic E-state index is 9.47. The highest BCUT2D eigenvalue weighted by atomic mass is 35.5. The fourth-order valence-electron chi connectivity index (χ4n) is 1.76. The van der Waals surface area contributed by atoms with Gasteiger partial charge in [0.25, 0.3) is 0 Å². The van der Waals surface area contributed by atoms with Crippen LogP contribution in [0, 0.1) is 6.92 Å². The molecular formula is C13H14ClNOS. The van der Waals surface area contributed by atoms with Crippen LogP contribution < -0.4 is 0 Å². The molecule has 2 nitrogen and oxygen atoms in total. The molecule has 0 aliphatic rings. The molecule has 1 aromatic heterocycles. The average molecular weight is 268 g/mol. The minimum absolute atomic E-state index is 0.0687. The molecule has 2 aromatic rings. The quantitative estimate of drug-likeness (QED) is 0.921. The number of thiazole rings is 1. The second-order valence-corrected chi connectivity index (χ2v) is 5.40. The van der Waals surface area contributed by atoms with Gasteiger partial charge in [0.2, 0.25) is 0 Å². The predicted octanol–water partition coefficient (Wildman–Crippen LogP) is 3.42. The Labute approximate surface area is 110 Å². The number of halogens is 1. The van der Waals surface area contributed by atoms with E-state index in [4.69, 9.17) is 11.6 Å². The van der Waals surface area contributed by atoms with Gasteiger partial charge < -0.3 is 5.11 Å². The molecule has 1 unspecified atom stereocenters. The van der Waals surface area contributed by atoms with Crippen molar-refractivity contribution in [3.8, 4) is 0 Å². The Balaban J connectivity index is 2.16. The van der Waals surface area contributed by atoms with Crippen molar-refractivity contribution in [2.45, 2.75) is 19.3 Å². The highest BCUT2D eigenvalue weighted by molar-refractivity contribution is 7.09. The maximum atomic E-state index is 9.47. The molecule has 0 saturated heterocycles. The van der Waals surface area contributed by atoms with Crippen LogP contribution >= 0.6 is 22.9 Å². The van der Waals surface area contributed by atoms with Crippen LogP contribution in [0.4, 0.5) is 0 Å². The molecule has 1 aromatic carbocycles. The van der Waals surface area contributed by atoms with Gasteiger partial charge in [-0.05, 0) is 24.6 Å². The number of aliphatic hydroxyl groups excluding tert-OH is 1. The summed E-state index contributed by atoms with van der Waals surface area (Å²) in [7, 11) is 0. The molecule has 2 rings (SSSR count). The van der Waals surface area contributed by atoms with Crippen molar-refractivity contribution in [1.82, 2.24) is 4.98 Å². The van der Waals surface area contributed by atoms with Crippen molar-refractivity contribution in [3.05, 3.63) is 50.9 Å². The van der Waals surface area contributed by atoms with E-state index in [1.54, 1.807) is 11.3 Å². The zero-order valence-electron chi connectivity index (χ0n) is 9.56. The predicted molar refractivity (Wildman–Crippen MR) is 71.8 cm³/mol. The first-order valence-corrected chi connectivity index (χ1v) is 6.72. The molecule has 0 aliphatic carbocycles. The summed E-state index contributed by atoms with van der Waals surface area (Å²) in [5, 5.41) is 13.3. The number of benzene rings is 1. The van der Waals surface area contributed by atoms with Crippen molar-refractivity contribution in [2.75, 3.05) is 6.61 Å². The minimum Gasteiger partial charge on any atom is -0.396 e. The van der Waals surface area contributed by atoms with E-state index < -0.39 is 0 Å². The van der Waals surface area contributed by atoms with Crippen LogP contribution in [-0.2, 0) is 6.42 Å².